The van der Waals surface area contributed by atoms with Gasteiger partial charge in [0.05, 0.1) is 23.6 Å². The van der Waals surface area contributed by atoms with Crippen molar-refractivity contribution < 1.29 is 9.53 Å². The van der Waals surface area contributed by atoms with Crippen molar-refractivity contribution in [2.75, 3.05) is 26.2 Å². The predicted octanol–water partition coefficient (Wildman–Crippen LogP) is 2.85. The van der Waals surface area contributed by atoms with E-state index in [-0.39, 0.29) is 11.5 Å². The van der Waals surface area contributed by atoms with Gasteiger partial charge in [0.2, 0.25) is 0 Å². The summed E-state index contributed by atoms with van der Waals surface area (Å²) in [5.74, 6) is 1.13. The van der Waals surface area contributed by atoms with Crippen molar-refractivity contribution >= 4 is 27.5 Å². The molecule has 1 fully saturated rings. The number of aromatic nitrogens is 2. The number of H-pyrrole nitrogens is 1. The smallest absolute Gasteiger partial charge is 0.263 e. The topological polar surface area (TPSA) is 102 Å². The van der Waals surface area contributed by atoms with Crippen LogP contribution < -0.4 is 10.3 Å². The lowest BCUT2D eigenvalue weighted by molar-refractivity contribution is -0.139. The number of thiophene rings is 1. The highest BCUT2D eigenvalue weighted by Gasteiger charge is 2.27. The summed E-state index contributed by atoms with van der Waals surface area (Å²) < 4.78 is 5.78. The van der Waals surface area contributed by atoms with Gasteiger partial charge in [-0.15, -0.1) is 11.3 Å². The zero-order chi connectivity index (χ0) is 23.7. The summed E-state index contributed by atoms with van der Waals surface area (Å²) in [6, 6.07) is 8.90. The minimum atomic E-state index is -0.634. The molecule has 8 nitrogen and oxygen atoms in total. The van der Waals surface area contributed by atoms with E-state index in [2.05, 4.69) is 16.0 Å². The van der Waals surface area contributed by atoms with Gasteiger partial charge in [-0.1, -0.05) is 6.07 Å². The average Bonchev–Trinajstić information content (AvgIpc) is 3.23. The van der Waals surface area contributed by atoms with E-state index in [9.17, 15) is 9.59 Å². The van der Waals surface area contributed by atoms with Crippen molar-refractivity contribution in [2.45, 2.75) is 45.3 Å². The first-order chi connectivity index (χ1) is 16.5. The number of fused-ring (bicyclic) bond motifs is 3. The van der Waals surface area contributed by atoms with Crippen LogP contribution in [0.25, 0.3) is 10.2 Å². The number of piperazine rings is 1. The maximum Gasteiger partial charge on any atom is 0.263 e. The van der Waals surface area contributed by atoms with Crippen LogP contribution in [-0.2, 0) is 24.2 Å². The SMILES string of the molecule is CC(Oc1cccc(C#N)c1)C(=O)N1CCN(Cc2nc3sc4c(c3c(=O)[nH]2)CCCC4)CC1. The number of rotatable bonds is 5. The Bertz CT molecular complexity index is 1320. The van der Waals surface area contributed by atoms with Gasteiger partial charge < -0.3 is 14.6 Å². The summed E-state index contributed by atoms with van der Waals surface area (Å²) in [7, 11) is 0. The van der Waals surface area contributed by atoms with Crippen molar-refractivity contribution in [2.24, 2.45) is 0 Å². The molecule has 2 aromatic heterocycles. The molecule has 0 spiro atoms. The van der Waals surface area contributed by atoms with Crippen LogP contribution in [0.4, 0.5) is 0 Å². The van der Waals surface area contributed by atoms with Gasteiger partial charge in [0, 0.05) is 31.1 Å². The first-order valence-electron chi connectivity index (χ1n) is 11.7. The fourth-order valence-corrected chi connectivity index (χ4v) is 6.05. The monoisotopic (exact) mass is 477 g/mol. The van der Waals surface area contributed by atoms with E-state index in [0.717, 1.165) is 29.5 Å². The molecule has 34 heavy (non-hydrogen) atoms. The van der Waals surface area contributed by atoms with Gasteiger partial charge in [0.1, 0.15) is 16.4 Å². The highest BCUT2D eigenvalue weighted by atomic mass is 32.1. The van der Waals surface area contributed by atoms with Crippen LogP contribution in [0.3, 0.4) is 0 Å². The molecule has 1 atom stereocenters. The normalized spacial score (nSPS) is 17.2. The number of amides is 1. The number of nitriles is 1. The Hall–Kier alpha value is -3.22. The molecule has 1 aromatic carbocycles. The first kappa shape index (κ1) is 22.6. The summed E-state index contributed by atoms with van der Waals surface area (Å²) in [4.78, 5) is 39.6. The Morgan fingerprint density at radius 3 is 2.85 bits per heavy atom. The largest absolute Gasteiger partial charge is 0.481 e. The zero-order valence-electron chi connectivity index (χ0n) is 19.2. The number of nitrogens with one attached hydrogen (secondary N) is 1. The number of hydrogen-bond donors (Lipinski definition) is 1. The lowest BCUT2D eigenvalue weighted by atomic mass is 9.97. The Kier molecular flexibility index (Phi) is 6.35. The molecule has 0 saturated carbocycles. The lowest BCUT2D eigenvalue weighted by Crippen LogP contribution is -2.51. The standard InChI is InChI=1S/C25H27N5O3S/c1-16(33-18-6-4-5-17(13-18)14-26)25(32)30-11-9-29(10-12-30)15-21-27-23(31)22-19-7-2-3-8-20(19)34-24(22)28-21/h4-6,13,16H,2-3,7-12,15H2,1H3,(H,27,28,31). The van der Waals surface area contributed by atoms with Crippen LogP contribution in [0.1, 0.15) is 41.6 Å². The molecule has 3 aromatic rings. The molecule has 3 heterocycles. The predicted molar refractivity (Wildman–Crippen MR) is 130 cm³/mol. The fourth-order valence-electron chi connectivity index (χ4n) is 4.77. The van der Waals surface area contributed by atoms with E-state index in [4.69, 9.17) is 15.0 Å². The number of carbonyl (C=O) groups is 1. The molecule has 0 radical (unpaired) electrons. The molecule has 0 bridgehead atoms. The summed E-state index contributed by atoms with van der Waals surface area (Å²) >= 11 is 1.67. The van der Waals surface area contributed by atoms with Crippen LogP contribution in [-0.4, -0.2) is 58.0 Å². The van der Waals surface area contributed by atoms with Crippen molar-refractivity contribution in [3.05, 3.63) is 56.4 Å². The quantitative estimate of drug-likeness (QED) is 0.606. The molecule has 1 saturated heterocycles. The third-order valence-corrected chi connectivity index (χ3v) is 7.74. The minimum absolute atomic E-state index is 0.0281. The van der Waals surface area contributed by atoms with E-state index in [1.807, 2.05) is 4.90 Å². The van der Waals surface area contributed by atoms with Gasteiger partial charge in [-0.3, -0.25) is 14.5 Å². The fraction of sp³-hybridized carbons (Fsp3) is 0.440. The molecular formula is C25H27N5O3S. The number of nitrogens with zero attached hydrogens (tertiary/aromatic N) is 4. The van der Waals surface area contributed by atoms with E-state index >= 15 is 0 Å². The number of benzene rings is 1. The number of hydrogen-bond acceptors (Lipinski definition) is 7. The van der Waals surface area contributed by atoms with Crippen molar-refractivity contribution in [1.29, 1.82) is 5.26 Å². The van der Waals surface area contributed by atoms with E-state index in [1.54, 1.807) is 42.5 Å². The van der Waals surface area contributed by atoms with Crippen molar-refractivity contribution in [3.8, 4) is 11.8 Å². The van der Waals surface area contributed by atoms with Crippen LogP contribution in [0, 0.1) is 11.3 Å². The molecule has 1 unspecified atom stereocenters. The average molecular weight is 478 g/mol. The number of carbonyl (C=O) groups excluding carboxylic acids is 1. The van der Waals surface area contributed by atoms with Crippen LogP contribution in [0.15, 0.2) is 29.1 Å². The van der Waals surface area contributed by atoms with E-state index in [1.165, 1.54) is 16.9 Å². The van der Waals surface area contributed by atoms with Gasteiger partial charge >= 0.3 is 0 Å². The van der Waals surface area contributed by atoms with Crippen LogP contribution in [0.2, 0.25) is 0 Å². The molecule has 2 aliphatic rings. The minimum Gasteiger partial charge on any atom is -0.481 e. The summed E-state index contributed by atoms with van der Waals surface area (Å²) in [5, 5.41) is 9.82. The second-order valence-electron chi connectivity index (χ2n) is 8.90. The molecule has 1 amide bonds. The Morgan fingerprint density at radius 2 is 2.06 bits per heavy atom. The molecule has 1 N–H and O–H groups in total. The number of ether oxygens (including phenoxy) is 1. The third kappa shape index (κ3) is 4.56. The molecular weight excluding hydrogens is 450 g/mol. The molecule has 9 heteroatoms. The summed E-state index contributed by atoms with van der Waals surface area (Å²) in [6.07, 6.45) is 3.71. The maximum absolute atomic E-state index is 12.9. The summed E-state index contributed by atoms with van der Waals surface area (Å²) in [6.45, 7) is 4.87. The van der Waals surface area contributed by atoms with Crippen LogP contribution >= 0.6 is 11.3 Å². The van der Waals surface area contributed by atoms with Crippen molar-refractivity contribution in [3.63, 3.8) is 0 Å². The van der Waals surface area contributed by atoms with Crippen molar-refractivity contribution in [1.82, 2.24) is 19.8 Å². The highest BCUT2D eigenvalue weighted by molar-refractivity contribution is 7.18. The molecule has 1 aliphatic heterocycles. The van der Waals surface area contributed by atoms with Crippen LogP contribution in [0.5, 0.6) is 5.75 Å². The second kappa shape index (κ2) is 9.57. The Balaban J connectivity index is 1.19. The van der Waals surface area contributed by atoms with Gasteiger partial charge in [0.15, 0.2) is 6.10 Å². The summed E-state index contributed by atoms with van der Waals surface area (Å²) in [5.41, 5.74) is 1.67. The number of aromatic amines is 1. The maximum atomic E-state index is 12.9. The van der Waals surface area contributed by atoms with Gasteiger partial charge in [-0.2, -0.15) is 5.26 Å². The second-order valence-corrected chi connectivity index (χ2v) is 9.99. The lowest BCUT2D eigenvalue weighted by Gasteiger charge is -2.35. The Labute approximate surface area is 201 Å². The first-order valence-corrected chi connectivity index (χ1v) is 12.5. The number of aryl methyl sites for hydroxylation is 2. The molecule has 176 valence electrons. The highest BCUT2D eigenvalue weighted by Crippen LogP contribution is 2.33. The van der Waals surface area contributed by atoms with E-state index in [0.29, 0.717) is 49.9 Å². The Morgan fingerprint density at radius 1 is 1.26 bits per heavy atom. The van der Waals surface area contributed by atoms with Gasteiger partial charge in [0.25, 0.3) is 11.5 Å². The zero-order valence-corrected chi connectivity index (χ0v) is 20.0. The molecule has 1 aliphatic carbocycles. The van der Waals surface area contributed by atoms with Gasteiger partial charge in [-0.05, 0) is 56.4 Å². The van der Waals surface area contributed by atoms with E-state index < -0.39 is 6.10 Å². The van der Waals surface area contributed by atoms with Gasteiger partial charge in [-0.25, -0.2) is 4.98 Å². The molecule has 5 rings (SSSR count). The third-order valence-electron chi connectivity index (χ3n) is 6.56.